The molecule has 2 rings (SSSR count). The highest BCUT2D eigenvalue weighted by atomic mass is 35.5. The minimum Gasteiger partial charge on any atom is -0.481 e. The second-order valence-corrected chi connectivity index (χ2v) is 6.89. The molecule has 0 aliphatic rings. The Morgan fingerprint density at radius 3 is 2.80 bits per heavy atom. The van der Waals surface area contributed by atoms with Gasteiger partial charge in [-0.15, -0.1) is 11.3 Å². The van der Waals surface area contributed by atoms with E-state index in [9.17, 15) is 4.79 Å². The van der Waals surface area contributed by atoms with Crippen LogP contribution in [0, 0.1) is 5.41 Å². The third-order valence-electron chi connectivity index (χ3n) is 3.01. The van der Waals surface area contributed by atoms with E-state index in [-0.39, 0.29) is 23.2 Å². The number of carboxylic acids is 1. The second-order valence-electron chi connectivity index (χ2n) is 5.64. The molecule has 0 amide bonds. The van der Waals surface area contributed by atoms with Gasteiger partial charge in [-0.3, -0.25) is 4.79 Å². The molecule has 20 heavy (non-hydrogen) atoms. The number of hydrogen-bond donors (Lipinski definition) is 2. The number of thiophene rings is 1. The molecule has 108 valence electrons. The van der Waals surface area contributed by atoms with Crippen LogP contribution in [0.25, 0.3) is 10.2 Å². The largest absolute Gasteiger partial charge is 0.481 e. The highest BCUT2D eigenvalue weighted by molar-refractivity contribution is 7.17. The summed E-state index contributed by atoms with van der Waals surface area (Å²) in [7, 11) is 0. The standard InChI is InChI=1S/C13H16ClN3O2S/c1-13(2,3)8(6-9(18)19)16-11-10-7(4-5-20-10)15-12(14)17-11/h4-5,8H,6H2,1-3H3,(H,18,19)(H,15,16,17). The molecule has 0 aromatic carbocycles. The smallest absolute Gasteiger partial charge is 0.305 e. The summed E-state index contributed by atoms with van der Waals surface area (Å²) in [5.41, 5.74) is 0.542. The number of nitrogens with one attached hydrogen (secondary N) is 1. The summed E-state index contributed by atoms with van der Waals surface area (Å²) in [5.74, 6) is -0.254. The van der Waals surface area contributed by atoms with Gasteiger partial charge in [0.2, 0.25) is 5.28 Å². The molecule has 1 atom stereocenters. The summed E-state index contributed by atoms with van der Waals surface area (Å²) in [6.07, 6.45) is 0.0119. The Balaban J connectivity index is 2.37. The van der Waals surface area contributed by atoms with E-state index >= 15 is 0 Å². The van der Waals surface area contributed by atoms with E-state index in [2.05, 4.69) is 15.3 Å². The van der Waals surface area contributed by atoms with Crippen molar-refractivity contribution >= 4 is 44.9 Å². The average molecular weight is 314 g/mol. The van der Waals surface area contributed by atoms with Gasteiger partial charge in [-0.1, -0.05) is 20.8 Å². The molecule has 0 aliphatic heterocycles. The molecule has 0 fully saturated rings. The normalized spacial score (nSPS) is 13.4. The first kappa shape index (κ1) is 15.0. The van der Waals surface area contributed by atoms with Crippen LogP contribution in [-0.2, 0) is 4.79 Å². The summed E-state index contributed by atoms with van der Waals surface area (Å²) < 4.78 is 0.883. The molecule has 0 aliphatic carbocycles. The highest BCUT2D eigenvalue weighted by Gasteiger charge is 2.28. The van der Waals surface area contributed by atoms with Gasteiger partial charge in [-0.05, 0) is 28.5 Å². The number of rotatable bonds is 4. The number of fused-ring (bicyclic) bond motifs is 1. The predicted octanol–water partition coefficient (Wildman–Crippen LogP) is 3.65. The van der Waals surface area contributed by atoms with Crippen LogP contribution >= 0.6 is 22.9 Å². The monoisotopic (exact) mass is 313 g/mol. The molecule has 2 heterocycles. The molecule has 5 nitrogen and oxygen atoms in total. The van der Waals surface area contributed by atoms with Crippen LogP contribution in [0.3, 0.4) is 0 Å². The van der Waals surface area contributed by atoms with Crippen LogP contribution in [0.1, 0.15) is 27.2 Å². The van der Waals surface area contributed by atoms with Crippen LogP contribution in [0.4, 0.5) is 5.82 Å². The van der Waals surface area contributed by atoms with Crippen LogP contribution < -0.4 is 5.32 Å². The topological polar surface area (TPSA) is 75.1 Å². The van der Waals surface area contributed by atoms with Crippen molar-refractivity contribution in [3.8, 4) is 0 Å². The first-order chi connectivity index (χ1) is 9.27. The maximum atomic E-state index is 11.0. The van der Waals surface area contributed by atoms with Gasteiger partial charge in [0.1, 0.15) is 5.82 Å². The molecular weight excluding hydrogens is 298 g/mol. The van der Waals surface area contributed by atoms with E-state index in [1.807, 2.05) is 32.2 Å². The fourth-order valence-electron chi connectivity index (χ4n) is 1.85. The third-order valence-corrected chi connectivity index (χ3v) is 4.09. The zero-order valence-corrected chi connectivity index (χ0v) is 13.0. The van der Waals surface area contributed by atoms with Crippen LogP contribution in [0.15, 0.2) is 11.4 Å². The van der Waals surface area contributed by atoms with E-state index in [0.717, 1.165) is 10.2 Å². The lowest BCUT2D eigenvalue weighted by Crippen LogP contribution is -2.36. The lowest BCUT2D eigenvalue weighted by molar-refractivity contribution is -0.137. The highest BCUT2D eigenvalue weighted by Crippen LogP contribution is 2.31. The van der Waals surface area contributed by atoms with Gasteiger partial charge in [0.05, 0.1) is 16.6 Å². The number of anilines is 1. The van der Waals surface area contributed by atoms with Gasteiger partial charge in [-0.25, -0.2) is 4.98 Å². The number of aromatic nitrogens is 2. The minimum atomic E-state index is -0.847. The number of hydrogen-bond acceptors (Lipinski definition) is 5. The van der Waals surface area contributed by atoms with Gasteiger partial charge in [0, 0.05) is 6.04 Å². The Kier molecular flexibility index (Phi) is 4.15. The van der Waals surface area contributed by atoms with Crippen LogP contribution in [0.5, 0.6) is 0 Å². The van der Waals surface area contributed by atoms with E-state index < -0.39 is 5.97 Å². The van der Waals surface area contributed by atoms with Crippen molar-refractivity contribution in [2.75, 3.05) is 5.32 Å². The Morgan fingerprint density at radius 1 is 1.50 bits per heavy atom. The Labute approximate surface area is 126 Å². The molecule has 0 bridgehead atoms. The first-order valence-corrected chi connectivity index (χ1v) is 7.42. The average Bonchev–Trinajstić information content (AvgIpc) is 2.74. The number of nitrogens with zero attached hydrogens (tertiary/aromatic N) is 2. The zero-order chi connectivity index (χ0) is 14.9. The summed E-state index contributed by atoms with van der Waals surface area (Å²) in [6.45, 7) is 5.96. The van der Waals surface area contributed by atoms with Crippen molar-refractivity contribution in [1.29, 1.82) is 0 Å². The van der Waals surface area contributed by atoms with Gasteiger partial charge >= 0.3 is 5.97 Å². The van der Waals surface area contributed by atoms with Crippen molar-refractivity contribution in [2.24, 2.45) is 5.41 Å². The first-order valence-electron chi connectivity index (χ1n) is 6.16. The van der Waals surface area contributed by atoms with Gasteiger partial charge in [0.25, 0.3) is 0 Å². The number of carbonyl (C=O) groups is 1. The Morgan fingerprint density at radius 2 is 2.20 bits per heavy atom. The van der Waals surface area contributed by atoms with Crippen molar-refractivity contribution in [3.05, 3.63) is 16.7 Å². The van der Waals surface area contributed by atoms with Crippen molar-refractivity contribution < 1.29 is 9.90 Å². The summed E-state index contributed by atoms with van der Waals surface area (Å²) in [4.78, 5) is 19.4. The van der Waals surface area contributed by atoms with Crippen molar-refractivity contribution in [3.63, 3.8) is 0 Å². The Hall–Kier alpha value is -1.40. The maximum absolute atomic E-state index is 11.0. The number of carboxylic acid groups (broad SMARTS) is 1. The van der Waals surface area contributed by atoms with E-state index in [1.54, 1.807) is 0 Å². The van der Waals surface area contributed by atoms with E-state index in [1.165, 1.54) is 11.3 Å². The Bertz CT molecular complexity index is 636. The minimum absolute atomic E-state index is 0.0119. The molecule has 0 saturated heterocycles. The molecular formula is C13H16ClN3O2S. The van der Waals surface area contributed by atoms with Crippen LogP contribution in [-0.4, -0.2) is 27.1 Å². The SMILES string of the molecule is CC(C)(C)C(CC(=O)O)Nc1nc(Cl)nc2ccsc12. The number of halogens is 1. The quantitative estimate of drug-likeness (QED) is 0.843. The predicted molar refractivity (Wildman–Crippen MR) is 81.5 cm³/mol. The van der Waals surface area contributed by atoms with Crippen molar-refractivity contribution in [1.82, 2.24) is 9.97 Å². The molecule has 2 N–H and O–H groups in total. The fraction of sp³-hybridized carbons (Fsp3) is 0.462. The molecule has 2 aromatic rings. The summed E-state index contributed by atoms with van der Waals surface area (Å²) >= 11 is 7.41. The fourth-order valence-corrected chi connectivity index (χ4v) is 2.81. The van der Waals surface area contributed by atoms with E-state index in [0.29, 0.717) is 5.82 Å². The summed E-state index contributed by atoms with van der Waals surface area (Å²) in [5, 5.41) is 14.3. The second kappa shape index (κ2) is 5.54. The lowest BCUT2D eigenvalue weighted by atomic mass is 9.85. The number of aliphatic carboxylic acids is 1. The van der Waals surface area contributed by atoms with Gasteiger partial charge in [-0.2, -0.15) is 4.98 Å². The lowest BCUT2D eigenvalue weighted by Gasteiger charge is -2.30. The molecule has 0 radical (unpaired) electrons. The molecule has 2 aromatic heterocycles. The van der Waals surface area contributed by atoms with Gasteiger partial charge in [0.15, 0.2) is 0 Å². The molecule has 0 spiro atoms. The van der Waals surface area contributed by atoms with Crippen molar-refractivity contribution in [2.45, 2.75) is 33.2 Å². The molecule has 0 saturated carbocycles. The summed E-state index contributed by atoms with van der Waals surface area (Å²) in [6, 6.07) is 1.61. The van der Waals surface area contributed by atoms with Crippen LogP contribution in [0.2, 0.25) is 5.28 Å². The van der Waals surface area contributed by atoms with Gasteiger partial charge < -0.3 is 10.4 Å². The maximum Gasteiger partial charge on any atom is 0.305 e. The van der Waals surface area contributed by atoms with E-state index in [4.69, 9.17) is 16.7 Å². The zero-order valence-electron chi connectivity index (χ0n) is 11.5. The third kappa shape index (κ3) is 3.37. The molecule has 7 heteroatoms. The molecule has 1 unspecified atom stereocenters.